The Labute approximate surface area is 113 Å². The largest absolute Gasteiger partial charge is 0.381 e. The standard InChI is InChI=1S/C15H28N2O.H2/c1-16-13-2-4-14(5-3-13)17-9-6-15(7-10-17)8-11-18-12-15;/h13-14,16H,2-12H2,1H3;1H. The SMILES string of the molecule is CNC1CCC(N2CCC3(CCOC3)CC2)CC1.[HH]. The molecule has 3 fully saturated rings. The summed E-state index contributed by atoms with van der Waals surface area (Å²) in [6, 6.07) is 1.65. The molecular formula is C15H30N2O. The van der Waals surface area contributed by atoms with Gasteiger partial charge in [0, 0.05) is 20.1 Å². The highest BCUT2D eigenvalue weighted by Gasteiger charge is 2.39. The lowest BCUT2D eigenvalue weighted by Crippen LogP contribution is -2.48. The molecule has 0 amide bonds. The summed E-state index contributed by atoms with van der Waals surface area (Å²) in [4.78, 5) is 2.77. The van der Waals surface area contributed by atoms with Crippen molar-refractivity contribution in [2.45, 2.75) is 57.0 Å². The van der Waals surface area contributed by atoms with Gasteiger partial charge < -0.3 is 15.0 Å². The lowest BCUT2D eigenvalue weighted by Gasteiger charge is -2.44. The Bertz CT molecular complexity index is 263. The smallest absolute Gasteiger partial charge is 0.0524 e. The molecule has 3 nitrogen and oxygen atoms in total. The third-order valence-electron chi connectivity index (χ3n) is 5.67. The molecule has 0 aromatic heterocycles. The van der Waals surface area contributed by atoms with E-state index >= 15 is 0 Å². The number of hydrogen-bond donors (Lipinski definition) is 1. The highest BCUT2D eigenvalue weighted by atomic mass is 16.5. The summed E-state index contributed by atoms with van der Waals surface area (Å²) in [5.74, 6) is 0. The van der Waals surface area contributed by atoms with Gasteiger partial charge in [-0.2, -0.15) is 0 Å². The molecule has 1 saturated carbocycles. The highest BCUT2D eigenvalue weighted by Crippen LogP contribution is 2.40. The Morgan fingerprint density at radius 1 is 1.11 bits per heavy atom. The predicted octanol–water partition coefficient (Wildman–Crippen LogP) is 2.27. The van der Waals surface area contributed by atoms with Gasteiger partial charge in [-0.25, -0.2) is 0 Å². The molecule has 106 valence electrons. The van der Waals surface area contributed by atoms with E-state index < -0.39 is 0 Å². The average molecular weight is 254 g/mol. The molecule has 1 aliphatic carbocycles. The van der Waals surface area contributed by atoms with Crippen LogP contribution in [-0.2, 0) is 4.74 Å². The van der Waals surface area contributed by atoms with E-state index in [0.717, 1.165) is 25.3 Å². The highest BCUT2D eigenvalue weighted by molar-refractivity contribution is 4.92. The molecule has 3 rings (SSSR count). The molecule has 0 aromatic rings. The molecule has 0 radical (unpaired) electrons. The van der Waals surface area contributed by atoms with Gasteiger partial charge in [0.25, 0.3) is 0 Å². The van der Waals surface area contributed by atoms with Gasteiger partial charge in [0.05, 0.1) is 6.61 Å². The van der Waals surface area contributed by atoms with Crippen LogP contribution < -0.4 is 5.32 Å². The number of nitrogens with zero attached hydrogens (tertiary/aromatic N) is 1. The van der Waals surface area contributed by atoms with Gasteiger partial charge in [0.1, 0.15) is 0 Å². The zero-order valence-corrected chi connectivity index (χ0v) is 11.8. The lowest BCUT2D eigenvalue weighted by atomic mass is 9.77. The Morgan fingerprint density at radius 2 is 1.83 bits per heavy atom. The molecule has 2 aliphatic heterocycles. The maximum atomic E-state index is 5.62. The Balaban J connectivity index is 0.00000133. The van der Waals surface area contributed by atoms with Crippen LogP contribution in [0, 0.1) is 5.41 Å². The first-order chi connectivity index (χ1) is 8.81. The molecule has 2 saturated heterocycles. The van der Waals surface area contributed by atoms with Crippen LogP contribution in [0.2, 0.25) is 0 Å². The van der Waals surface area contributed by atoms with E-state index in [0.29, 0.717) is 5.41 Å². The fourth-order valence-corrected chi connectivity index (χ4v) is 4.14. The number of piperidine rings is 1. The van der Waals surface area contributed by atoms with Crippen LogP contribution in [0.5, 0.6) is 0 Å². The Morgan fingerprint density at radius 3 is 2.39 bits per heavy atom. The topological polar surface area (TPSA) is 24.5 Å². The van der Waals surface area contributed by atoms with Crippen molar-refractivity contribution in [1.29, 1.82) is 0 Å². The molecule has 3 aliphatic rings. The molecular weight excluding hydrogens is 224 g/mol. The normalized spacial score (nSPS) is 37.2. The van der Waals surface area contributed by atoms with E-state index in [9.17, 15) is 0 Å². The number of rotatable bonds is 2. The van der Waals surface area contributed by atoms with Gasteiger partial charge in [-0.1, -0.05) is 0 Å². The summed E-state index contributed by atoms with van der Waals surface area (Å²) in [6.45, 7) is 4.68. The molecule has 0 atom stereocenters. The van der Waals surface area contributed by atoms with Crippen molar-refractivity contribution in [3.63, 3.8) is 0 Å². The third kappa shape index (κ3) is 2.59. The van der Waals surface area contributed by atoms with Crippen molar-refractivity contribution in [3.05, 3.63) is 0 Å². The molecule has 18 heavy (non-hydrogen) atoms. The van der Waals surface area contributed by atoms with Crippen molar-refractivity contribution in [2.75, 3.05) is 33.4 Å². The average Bonchev–Trinajstić information content (AvgIpc) is 2.88. The van der Waals surface area contributed by atoms with Gasteiger partial charge in [0.2, 0.25) is 0 Å². The molecule has 0 bridgehead atoms. The van der Waals surface area contributed by atoms with Gasteiger partial charge >= 0.3 is 0 Å². The second-order valence-corrected chi connectivity index (χ2v) is 6.63. The second kappa shape index (κ2) is 5.48. The third-order valence-corrected chi connectivity index (χ3v) is 5.67. The van der Waals surface area contributed by atoms with Crippen molar-refractivity contribution in [3.8, 4) is 0 Å². The van der Waals surface area contributed by atoms with E-state index in [2.05, 4.69) is 17.3 Å². The monoisotopic (exact) mass is 254 g/mol. The number of hydrogen-bond acceptors (Lipinski definition) is 3. The van der Waals surface area contributed by atoms with Crippen molar-refractivity contribution in [1.82, 2.24) is 10.2 Å². The minimum atomic E-state index is 0. The van der Waals surface area contributed by atoms with Crippen LogP contribution in [0.4, 0.5) is 0 Å². The van der Waals surface area contributed by atoms with Crippen LogP contribution in [0.3, 0.4) is 0 Å². The van der Waals surface area contributed by atoms with Crippen LogP contribution in [0.1, 0.15) is 46.4 Å². The van der Waals surface area contributed by atoms with Crippen molar-refractivity contribution < 1.29 is 6.16 Å². The molecule has 1 spiro atoms. The minimum Gasteiger partial charge on any atom is -0.381 e. The number of nitrogens with one attached hydrogen (secondary N) is 1. The molecule has 1 N–H and O–H groups in total. The van der Waals surface area contributed by atoms with E-state index in [4.69, 9.17) is 4.74 Å². The fraction of sp³-hybridized carbons (Fsp3) is 1.00. The number of ether oxygens (including phenoxy) is 1. The maximum Gasteiger partial charge on any atom is 0.0524 e. The second-order valence-electron chi connectivity index (χ2n) is 6.63. The van der Waals surface area contributed by atoms with Crippen LogP contribution in [0.25, 0.3) is 0 Å². The van der Waals surface area contributed by atoms with Gasteiger partial charge in [-0.15, -0.1) is 0 Å². The lowest BCUT2D eigenvalue weighted by molar-refractivity contribution is 0.0453. The molecule has 3 heteroatoms. The first-order valence-electron chi connectivity index (χ1n) is 7.80. The Hall–Kier alpha value is -0.120. The maximum absolute atomic E-state index is 5.62. The van der Waals surface area contributed by atoms with Gasteiger partial charge in [0.15, 0.2) is 0 Å². The summed E-state index contributed by atoms with van der Waals surface area (Å²) >= 11 is 0. The van der Waals surface area contributed by atoms with Gasteiger partial charge in [-0.3, -0.25) is 0 Å². The predicted molar refractivity (Wildman–Crippen MR) is 75.9 cm³/mol. The first kappa shape index (κ1) is 12.9. The first-order valence-corrected chi connectivity index (χ1v) is 7.80. The van der Waals surface area contributed by atoms with Crippen LogP contribution in [0.15, 0.2) is 0 Å². The summed E-state index contributed by atoms with van der Waals surface area (Å²) in [6.07, 6.45) is 9.59. The van der Waals surface area contributed by atoms with Crippen molar-refractivity contribution >= 4 is 0 Å². The fourth-order valence-electron chi connectivity index (χ4n) is 4.14. The molecule has 0 aromatic carbocycles. The zero-order chi connectivity index (χ0) is 12.4. The summed E-state index contributed by atoms with van der Waals surface area (Å²) in [5, 5.41) is 3.43. The zero-order valence-electron chi connectivity index (χ0n) is 11.8. The number of likely N-dealkylation sites (tertiary alicyclic amines) is 1. The Kier molecular flexibility index (Phi) is 3.92. The molecule has 2 heterocycles. The van der Waals surface area contributed by atoms with Gasteiger partial charge in [-0.05, 0) is 70.5 Å². The quantitative estimate of drug-likeness (QED) is 0.818. The van der Waals surface area contributed by atoms with E-state index in [1.165, 1.54) is 58.0 Å². The van der Waals surface area contributed by atoms with Crippen LogP contribution >= 0.6 is 0 Å². The minimum absolute atomic E-state index is 0. The summed E-state index contributed by atoms with van der Waals surface area (Å²) < 4.78 is 5.62. The van der Waals surface area contributed by atoms with E-state index in [1.54, 1.807) is 0 Å². The van der Waals surface area contributed by atoms with E-state index in [1.807, 2.05) is 0 Å². The van der Waals surface area contributed by atoms with E-state index in [-0.39, 0.29) is 1.43 Å². The summed E-state index contributed by atoms with van der Waals surface area (Å²) in [5.41, 5.74) is 0.568. The van der Waals surface area contributed by atoms with Crippen molar-refractivity contribution in [2.24, 2.45) is 5.41 Å². The summed E-state index contributed by atoms with van der Waals surface area (Å²) in [7, 11) is 2.11. The molecule has 0 unspecified atom stereocenters. The van der Waals surface area contributed by atoms with Crippen LogP contribution in [-0.4, -0.2) is 50.3 Å².